The maximum atomic E-state index is 13.9. The second kappa shape index (κ2) is 11.1. The largest absolute Gasteiger partial charge is 0.462 e. The van der Waals surface area contributed by atoms with Gasteiger partial charge in [-0.05, 0) is 57.8 Å². The number of anilines is 2. The van der Waals surface area contributed by atoms with Crippen molar-refractivity contribution in [1.82, 2.24) is 14.9 Å². The standard InChI is InChI=1S/C27H32ClF3N6O/c1-32-14-18-6-4-12-37(15-18)25-20-10-13-36(23-9-3-8-21(28)24(23)27(29,30)31)16-22(20)33-26(34-25)38-17-19-7-5-11-35(19)2/h3,8-9,18-19H,4-7,10-17H2,2H3/t18-,19-/m0/s1. The zero-order valence-corrected chi connectivity index (χ0v) is 22.2. The van der Waals surface area contributed by atoms with Gasteiger partial charge in [-0.3, -0.25) is 0 Å². The lowest BCUT2D eigenvalue weighted by atomic mass is 9.96. The average molecular weight is 549 g/mol. The van der Waals surface area contributed by atoms with E-state index in [1.165, 1.54) is 12.1 Å². The van der Waals surface area contributed by atoms with E-state index < -0.39 is 11.7 Å². The second-order valence-corrected chi connectivity index (χ2v) is 10.8. The maximum Gasteiger partial charge on any atom is 0.419 e. The molecule has 0 radical (unpaired) electrons. The summed E-state index contributed by atoms with van der Waals surface area (Å²) in [7, 11) is 2.08. The molecule has 7 nitrogen and oxygen atoms in total. The van der Waals surface area contributed by atoms with Crippen molar-refractivity contribution in [2.75, 3.05) is 56.2 Å². The Hall–Kier alpha value is -2.77. The molecule has 2 saturated heterocycles. The van der Waals surface area contributed by atoms with Crippen molar-refractivity contribution >= 4 is 23.1 Å². The van der Waals surface area contributed by atoms with Gasteiger partial charge in [0.1, 0.15) is 12.4 Å². The van der Waals surface area contributed by atoms with Gasteiger partial charge in [0.2, 0.25) is 6.54 Å². The first-order valence-electron chi connectivity index (χ1n) is 13.2. The zero-order chi connectivity index (χ0) is 26.9. The number of fused-ring (bicyclic) bond motifs is 1. The summed E-state index contributed by atoms with van der Waals surface area (Å²) >= 11 is 6.02. The highest BCUT2D eigenvalue weighted by atomic mass is 35.5. The van der Waals surface area contributed by atoms with Crippen LogP contribution in [0.3, 0.4) is 0 Å². The number of likely N-dealkylation sites (N-methyl/N-ethyl adjacent to an activating group) is 1. The van der Waals surface area contributed by atoms with Gasteiger partial charge in [0.05, 0.1) is 28.5 Å². The minimum absolute atomic E-state index is 0.0564. The molecule has 3 aliphatic heterocycles. The molecule has 38 heavy (non-hydrogen) atoms. The highest BCUT2D eigenvalue weighted by molar-refractivity contribution is 6.31. The summed E-state index contributed by atoms with van der Waals surface area (Å²) in [4.78, 5) is 19.3. The number of ether oxygens (including phenoxy) is 1. The van der Waals surface area contributed by atoms with Crippen LogP contribution in [-0.4, -0.2) is 67.3 Å². The first-order valence-corrected chi connectivity index (χ1v) is 13.5. The molecule has 204 valence electrons. The van der Waals surface area contributed by atoms with Crippen molar-refractivity contribution in [2.24, 2.45) is 5.92 Å². The Kier molecular flexibility index (Phi) is 7.87. The molecule has 11 heteroatoms. The number of likely N-dealkylation sites (tertiary alicyclic amines) is 1. The molecule has 0 saturated carbocycles. The number of hydrogen-bond donors (Lipinski definition) is 0. The summed E-state index contributed by atoms with van der Waals surface area (Å²) in [6.45, 7) is 11.4. The van der Waals surface area contributed by atoms with E-state index in [0.29, 0.717) is 31.8 Å². The molecule has 0 amide bonds. The molecule has 1 aromatic heterocycles. The number of nitrogens with zero attached hydrogens (tertiary/aromatic N) is 6. The number of alkyl halides is 3. The molecule has 0 bridgehead atoms. The number of hydrogen-bond acceptors (Lipinski definition) is 6. The second-order valence-electron chi connectivity index (χ2n) is 10.4. The SMILES string of the molecule is [C-]#[N+]C[C@@H]1CCCN(c2nc(OC[C@@H]3CCCN3C)nc3c2CCN(c2cccc(Cl)c2C(F)(F)F)C3)C1. The number of halogens is 4. The minimum atomic E-state index is -4.57. The number of benzene rings is 1. The van der Waals surface area contributed by atoms with Gasteiger partial charge >= 0.3 is 12.2 Å². The van der Waals surface area contributed by atoms with Crippen LogP contribution in [0.25, 0.3) is 4.85 Å². The Balaban J connectivity index is 1.47. The lowest BCUT2D eigenvalue weighted by Crippen LogP contribution is -2.40. The van der Waals surface area contributed by atoms with Crippen LogP contribution in [0.4, 0.5) is 24.7 Å². The van der Waals surface area contributed by atoms with Crippen molar-refractivity contribution in [2.45, 2.75) is 50.9 Å². The van der Waals surface area contributed by atoms with E-state index in [-0.39, 0.29) is 35.2 Å². The smallest absolute Gasteiger partial charge is 0.419 e. The van der Waals surface area contributed by atoms with E-state index >= 15 is 0 Å². The van der Waals surface area contributed by atoms with Gasteiger partial charge in [-0.1, -0.05) is 17.7 Å². The van der Waals surface area contributed by atoms with Crippen LogP contribution in [0.5, 0.6) is 6.01 Å². The summed E-state index contributed by atoms with van der Waals surface area (Å²) < 4.78 is 47.9. The molecule has 4 heterocycles. The third-order valence-corrected chi connectivity index (χ3v) is 8.20. The molecule has 0 N–H and O–H groups in total. The first-order chi connectivity index (χ1) is 18.2. The Bertz CT molecular complexity index is 1200. The highest BCUT2D eigenvalue weighted by Crippen LogP contribution is 2.43. The topological polar surface area (TPSA) is 49.1 Å². The van der Waals surface area contributed by atoms with Crippen LogP contribution < -0.4 is 14.5 Å². The van der Waals surface area contributed by atoms with Crippen LogP contribution >= 0.6 is 11.6 Å². The van der Waals surface area contributed by atoms with Crippen LogP contribution in [0.15, 0.2) is 18.2 Å². The van der Waals surface area contributed by atoms with Crippen molar-refractivity contribution in [1.29, 1.82) is 0 Å². The van der Waals surface area contributed by atoms with Gasteiger partial charge < -0.3 is 24.3 Å². The van der Waals surface area contributed by atoms with Gasteiger partial charge in [0.15, 0.2) is 0 Å². The monoisotopic (exact) mass is 548 g/mol. The fourth-order valence-electron chi connectivity index (χ4n) is 5.87. The number of piperidine rings is 1. The molecule has 1 aromatic carbocycles. The van der Waals surface area contributed by atoms with Crippen molar-refractivity contribution in [3.63, 3.8) is 0 Å². The number of rotatable bonds is 6. The molecule has 0 spiro atoms. The third-order valence-electron chi connectivity index (χ3n) is 7.88. The Morgan fingerprint density at radius 3 is 2.68 bits per heavy atom. The summed E-state index contributed by atoms with van der Waals surface area (Å²) in [6, 6.07) is 4.83. The fraction of sp³-hybridized carbons (Fsp3) is 0.593. The zero-order valence-electron chi connectivity index (χ0n) is 21.5. The fourth-order valence-corrected chi connectivity index (χ4v) is 6.15. The lowest BCUT2D eigenvalue weighted by molar-refractivity contribution is -0.137. The van der Waals surface area contributed by atoms with E-state index in [0.717, 1.165) is 56.7 Å². The molecule has 2 atom stereocenters. The maximum absolute atomic E-state index is 13.9. The Morgan fingerprint density at radius 1 is 1.13 bits per heavy atom. The summed E-state index contributed by atoms with van der Waals surface area (Å²) in [5.74, 6) is 1.06. The molecule has 2 fully saturated rings. The predicted molar refractivity (Wildman–Crippen MR) is 141 cm³/mol. The van der Waals surface area contributed by atoms with Crippen LogP contribution in [0.1, 0.15) is 42.5 Å². The predicted octanol–water partition coefficient (Wildman–Crippen LogP) is 5.32. The Labute approximate surface area is 226 Å². The summed E-state index contributed by atoms with van der Waals surface area (Å²) in [6.07, 6.45) is 0.0642. The van der Waals surface area contributed by atoms with E-state index in [1.54, 1.807) is 11.0 Å². The van der Waals surface area contributed by atoms with Gasteiger partial charge in [-0.15, -0.1) is 0 Å². The van der Waals surface area contributed by atoms with E-state index in [2.05, 4.69) is 21.7 Å². The van der Waals surface area contributed by atoms with Crippen molar-refractivity contribution in [3.8, 4) is 6.01 Å². The third kappa shape index (κ3) is 5.64. The molecule has 0 unspecified atom stereocenters. The molecule has 0 aliphatic carbocycles. The van der Waals surface area contributed by atoms with Gasteiger partial charge in [0, 0.05) is 37.2 Å². The molecule has 3 aliphatic rings. The summed E-state index contributed by atoms with van der Waals surface area (Å²) in [5, 5.41) is -0.312. The van der Waals surface area contributed by atoms with E-state index in [9.17, 15) is 13.2 Å². The molecule has 2 aromatic rings. The van der Waals surface area contributed by atoms with Crippen LogP contribution in [-0.2, 0) is 19.1 Å². The van der Waals surface area contributed by atoms with Crippen molar-refractivity contribution in [3.05, 3.63) is 51.5 Å². The highest BCUT2D eigenvalue weighted by Gasteiger charge is 2.38. The van der Waals surface area contributed by atoms with Gasteiger partial charge in [0.25, 0.3) is 0 Å². The number of aromatic nitrogens is 2. The van der Waals surface area contributed by atoms with Crippen LogP contribution in [0.2, 0.25) is 5.02 Å². The normalized spacial score (nSPS) is 22.3. The van der Waals surface area contributed by atoms with E-state index in [4.69, 9.17) is 32.9 Å². The average Bonchev–Trinajstić information content (AvgIpc) is 3.30. The molecule has 5 rings (SSSR count). The van der Waals surface area contributed by atoms with Gasteiger partial charge in [-0.2, -0.15) is 23.1 Å². The lowest BCUT2D eigenvalue weighted by Gasteiger charge is -2.37. The van der Waals surface area contributed by atoms with Gasteiger partial charge in [-0.25, -0.2) is 6.57 Å². The molecular formula is C27H32ClF3N6O. The molecular weight excluding hydrogens is 517 g/mol. The van der Waals surface area contributed by atoms with Crippen LogP contribution in [0, 0.1) is 12.5 Å². The minimum Gasteiger partial charge on any atom is -0.462 e. The Morgan fingerprint density at radius 2 is 1.95 bits per heavy atom. The first kappa shape index (κ1) is 26.8. The van der Waals surface area contributed by atoms with Crippen molar-refractivity contribution < 1.29 is 17.9 Å². The summed E-state index contributed by atoms with van der Waals surface area (Å²) in [5.41, 5.74) is 0.862. The quantitative estimate of drug-likeness (QED) is 0.455. The van der Waals surface area contributed by atoms with E-state index in [1.807, 2.05) is 0 Å².